The van der Waals surface area contributed by atoms with Crippen LogP contribution in [-0.2, 0) is 27.8 Å². The molecule has 232 valence electrons. The molecule has 7 nitrogen and oxygen atoms in total. The highest BCUT2D eigenvalue weighted by Crippen LogP contribution is 2.45. The zero-order chi connectivity index (χ0) is 31.9. The highest BCUT2D eigenvalue weighted by Gasteiger charge is 2.34. The second-order valence-corrected chi connectivity index (χ2v) is 13.8. The van der Waals surface area contributed by atoms with Crippen LogP contribution in [0.2, 0.25) is 0 Å². The van der Waals surface area contributed by atoms with Gasteiger partial charge in [0.1, 0.15) is 5.65 Å². The van der Waals surface area contributed by atoms with Gasteiger partial charge in [0.15, 0.2) is 23.5 Å². The molecule has 1 aliphatic heterocycles. The van der Waals surface area contributed by atoms with Crippen LogP contribution in [0.5, 0.6) is 5.75 Å². The largest absolute Gasteiger partial charge is 0.490 e. The number of pyridine rings is 1. The van der Waals surface area contributed by atoms with Crippen molar-refractivity contribution >= 4 is 28.9 Å². The van der Waals surface area contributed by atoms with E-state index in [1.165, 1.54) is 6.07 Å². The lowest BCUT2D eigenvalue weighted by Crippen LogP contribution is -2.28. The molecule has 0 fully saturated rings. The number of carbonyl (C=O) groups excluding carboxylic acids is 1. The first-order chi connectivity index (χ1) is 20.0. The molecule has 1 atom stereocenters. The molecule has 0 bridgehead atoms. The minimum absolute atomic E-state index is 0.0386. The third kappa shape index (κ3) is 7.18. The lowest BCUT2D eigenvalue weighted by molar-refractivity contribution is -0.160. The number of fused-ring (bicyclic) bond motifs is 2. The number of ether oxygens (including phenoxy) is 2. The third-order valence-electron chi connectivity index (χ3n) is 7.89. The molecule has 8 heteroatoms. The molecular weight excluding hydrogens is 547 g/mol. The number of carboxylic acids is 1. The molecule has 1 N–H and O–H groups in total. The van der Waals surface area contributed by atoms with Crippen molar-refractivity contribution in [2.75, 3.05) is 6.61 Å². The number of aromatic nitrogens is 2. The Morgan fingerprint density at radius 3 is 2.51 bits per heavy atom. The van der Waals surface area contributed by atoms with Gasteiger partial charge in [0, 0.05) is 46.9 Å². The third-order valence-corrected chi connectivity index (χ3v) is 7.89. The number of carbonyl (C=O) groups is 2. The Hall–Kier alpha value is -3.52. The second-order valence-electron chi connectivity index (χ2n) is 13.8. The number of carboxylic acid groups (broad SMARTS) is 1. The number of ketones is 1. The van der Waals surface area contributed by atoms with E-state index in [-0.39, 0.29) is 16.9 Å². The summed E-state index contributed by atoms with van der Waals surface area (Å²) in [5.41, 5.74) is 4.35. The van der Waals surface area contributed by atoms with Crippen LogP contribution in [0.25, 0.3) is 28.2 Å². The van der Waals surface area contributed by atoms with Gasteiger partial charge in [0.05, 0.1) is 12.2 Å². The first-order valence-electron chi connectivity index (χ1n) is 15.0. The molecule has 0 spiro atoms. The van der Waals surface area contributed by atoms with Gasteiger partial charge in [-0.1, -0.05) is 20.8 Å². The van der Waals surface area contributed by atoms with E-state index in [0.29, 0.717) is 52.9 Å². The fourth-order valence-electron chi connectivity index (χ4n) is 5.81. The van der Waals surface area contributed by atoms with Gasteiger partial charge in [-0.2, -0.15) is 0 Å². The van der Waals surface area contributed by atoms with Gasteiger partial charge < -0.3 is 19.1 Å². The molecule has 0 saturated carbocycles. The Kier molecular flexibility index (Phi) is 9.21. The first-order valence-corrected chi connectivity index (χ1v) is 15.0. The molecule has 1 aliphatic rings. The second kappa shape index (κ2) is 12.2. The molecule has 3 heterocycles. The molecule has 0 radical (unpaired) electrons. The summed E-state index contributed by atoms with van der Waals surface area (Å²) in [4.78, 5) is 30.3. The van der Waals surface area contributed by atoms with Crippen LogP contribution in [-0.4, -0.2) is 38.6 Å². The lowest BCUT2D eigenvalue weighted by Gasteiger charge is -2.29. The monoisotopic (exact) mass is 592 g/mol. The maximum absolute atomic E-state index is 15.6. The van der Waals surface area contributed by atoms with Gasteiger partial charge in [-0.3, -0.25) is 4.79 Å². The Labute approximate surface area is 254 Å². The number of aliphatic carboxylic acids is 1. The average Bonchev–Trinajstić information content (AvgIpc) is 3.21. The van der Waals surface area contributed by atoms with E-state index in [1.54, 1.807) is 39.8 Å². The SMILES string of the molecule is Cc1nc2c(cc(/C=C/C(=O)CCCC(C)(C)C)n2C)c(-c2cc(F)c3c(c2C)CCCO3)c1[C@H](OC(C)(C)C)C(=O)O. The van der Waals surface area contributed by atoms with Gasteiger partial charge in [-0.25, -0.2) is 14.2 Å². The van der Waals surface area contributed by atoms with Gasteiger partial charge in [0.25, 0.3) is 0 Å². The van der Waals surface area contributed by atoms with Crippen molar-refractivity contribution in [3.05, 3.63) is 52.1 Å². The van der Waals surface area contributed by atoms with Crippen molar-refractivity contribution in [3.63, 3.8) is 0 Å². The predicted octanol–water partition coefficient (Wildman–Crippen LogP) is 8.06. The molecule has 0 amide bonds. The maximum atomic E-state index is 15.6. The summed E-state index contributed by atoms with van der Waals surface area (Å²) in [6.07, 6.45) is 5.68. The van der Waals surface area contributed by atoms with Crippen molar-refractivity contribution < 1.29 is 28.6 Å². The summed E-state index contributed by atoms with van der Waals surface area (Å²) < 4.78 is 29.3. The molecule has 1 aromatic carbocycles. The fraction of sp³-hybridized carbons (Fsp3) is 0.514. The van der Waals surface area contributed by atoms with E-state index in [4.69, 9.17) is 14.5 Å². The Balaban J connectivity index is 1.94. The smallest absolute Gasteiger partial charge is 0.337 e. The molecule has 0 saturated heterocycles. The quantitative estimate of drug-likeness (QED) is 0.253. The standard InChI is InChI=1S/C35H45FN2O5/c1-20-24-13-11-17-42-30(24)27(36)19-25(20)29-26-18-22(14-15-23(39)12-10-16-34(3,4)5)38(9)32(26)37-21(2)28(29)31(33(40)41)43-35(6,7)8/h14-15,18-19,31H,10-13,16-17H2,1-9H3,(H,40,41)/b15-14+/t31-/m0/s1. The molecular formula is C35H45FN2O5. The molecule has 0 aliphatic carbocycles. The zero-order valence-electron chi connectivity index (χ0n) is 27.0. The van der Waals surface area contributed by atoms with Gasteiger partial charge in [-0.05, 0) is 101 Å². The van der Waals surface area contributed by atoms with Crippen LogP contribution in [0.15, 0.2) is 18.2 Å². The van der Waals surface area contributed by atoms with Crippen molar-refractivity contribution in [3.8, 4) is 16.9 Å². The van der Waals surface area contributed by atoms with E-state index in [9.17, 15) is 14.7 Å². The number of halogens is 1. The predicted molar refractivity (Wildman–Crippen MR) is 168 cm³/mol. The molecule has 2 aromatic heterocycles. The minimum atomic E-state index is -1.34. The average molecular weight is 593 g/mol. The molecule has 43 heavy (non-hydrogen) atoms. The van der Waals surface area contributed by atoms with Crippen molar-refractivity contribution in [1.82, 2.24) is 9.55 Å². The highest BCUT2D eigenvalue weighted by atomic mass is 19.1. The molecule has 0 unspecified atom stereocenters. The molecule has 3 aromatic rings. The van der Waals surface area contributed by atoms with Crippen LogP contribution in [0, 0.1) is 25.1 Å². The normalized spacial score (nSPS) is 14.7. The zero-order valence-corrected chi connectivity index (χ0v) is 27.0. The van der Waals surface area contributed by atoms with E-state index < -0.39 is 23.5 Å². The van der Waals surface area contributed by atoms with Crippen LogP contribution in [0.4, 0.5) is 4.39 Å². The van der Waals surface area contributed by atoms with E-state index in [2.05, 4.69) is 20.8 Å². The topological polar surface area (TPSA) is 90.7 Å². The fourth-order valence-corrected chi connectivity index (χ4v) is 5.81. The summed E-state index contributed by atoms with van der Waals surface area (Å²) in [7, 11) is 1.86. The number of hydrogen-bond donors (Lipinski definition) is 1. The molecule has 4 rings (SSSR count). The van der Waals surface area contributed by atoms with Crippen LogP contribution in [0.3, 0.4) is 0 Å². The first kappa shape index (κ1) is 32.4. The Morgan fingerprint density at radius 2 is 1.88 bits per heavy atom. The van der Waals surface area contributed by atoms with Gasteiger partial charge in [0.2, 0.25) is 0 Å². The van der Waals surface area contributed by atoms with Gasteiger partial charge in [-0.15, -0.1) is 0 Å². The lowest BCUT2D eigenvalue weighted by atomic mass is 9.86. The highest BCUT2D eigenvalue weighted by molar-refractivity contribution is 6.01. The van der Waals surface area contributed by atoms with Crippen molar-refractivity contribution in [2.24, 2.45) is 12.5 Å². The van der Waals surface area contributed by atoms with Crippen LogP contribution in [0.1, 0.15) is 101 Å². The number of rotatable bonds is 9. The van der Waals surface area contributed by atoms with E-state index >= 15 is 4.39 Å². The number of hydrogen-bond acceptors (Lipinski definition) is 5. The minimum Gasteiger partial charge on any atom is -0.490 e. The number of benzene rings is 1. The summed E-state index contributed by atoms with van der Waals surface area (Å²) in [5, 5.41) is 11.1. The van der Waals surface area contributed by atoms with Crippen molar-refractivity contribution in [1.29, 1.82) is 0 Å². The summed E-state index contributed by atoms with van der Waals surface area (Å²) in [5.74, 6) is -1.34. The number of aryl methyl sites for hydroxylation is 2. The van der Waals surface area contributed by atoms with Crippen LogP contribution < -0.4 is 4.74 Å². The Morgan fingerprint density at radius 1 is 1.19 bits per heavy atom. The summed E-state index contributed by atoms with van der Waals surface area (Å²) in [6, 6.07) is 3.33. The maximum Gasteiger partial charge on any atom is 0.337 e. The van der Waals surface area contributed by atoms with E-state index in [0.717, 1.165) is 36.1 Å². The number of allylic oxidation sites excluding steroid dienone is 1. The summed E-state index contributed by atoms with van der Waals surface area (Å²) in [6.45, 7) is 16.0. The Bertz CT molecular complexity index is 1590. The van der Waals surface area contributed by atoms with Gasteiger partial charge >= 0.3 is 5.97 Å². The van der Waals surface area contributed by atoms with Crippen LogP contribution >= 0.6 is 0 Å². The summed E-state index contributed by atoms with van der Waals surface area (Å²) >= 11 is 0. The van der Waals surface area contributed by atoms with E-state index in [1.807, 2.05) is 24.6 Å². The van der Waals surface area contributed by atoms with Crippen molar-refractivity contribution in [2.45, 2.75) is 99.2 Å². The number of nitrogens with zero attached hydrogens (tertiary/aromatic N) is 2.